The molecule has 0 aromatic heterocycles. The van der Waals surface area contributed by atoms with Gasteiger partial charge in [0.1, 0.15) is 12.4 Å². The highest BCUT2D eigenvalue weighted by molar-refractivity contribution is 5.76. The number of hydrogen-bond donors (Lipinski definition) is 0. The Labute approximate surface area is 127 Å². The van der Waals surface area contributed by atoms with Crippen LogP contribution in [0.5, 0.6) is 5.75 Å². The number of ketones is 1. The first-order valence-corrected chi connectivity index (χ1v) is 7.59. The summed E-state index contributed by atoms with van der Waals surface area (Å²) < 4.78 is 16.3. The molecule has 0 aliphatic heterocycles. The summed E-state index contributed by atoms with van der Waals surface area (Å²) in [6.45, 7) is 6.42. The van der Waals surface area contributed by atoms with Gasteiger partial charge in [-0.25, -0.2) is 0 Å². The molecule has 0 radical (unpaired) electrons. The normalized spacial score (nSPS) is 10.6. The van der Waals surface area contributed by atoms with Crippen molar-refractivity contribution in [2.45, 2.75) is 33.1 Å². The zero-order chi connectivity index (χ0) is 15.3. The van der Waals surface area contributed by atoms with Crippen molar-refractivity contribution in [1.29, 1.82) is 0 Å². The highest BCUT2D eigenvalue weighted by atomic mass is 16.5. The summed E-state index contributed by atoms with van der Waals surface area (Å²) in [4.78, 5) is 10.6. The van der Waals surface area contributed by atoms with Crippen LogP contribution in [0.1, 0.15) is 32.3 Å². The standard InChI is InChI=1S/C17H26O4/c1-3-16-6-8-17(9-7-16)21-13-5-11-19-10-4-12-20-14-15(2)18/h6-9H,3-5,10-14H2,1-2H3. The maximum Gasteiger partial charge on any atom is 0.155 e. The average molecular weight is 294 g/mol. The van der Waals surface area contributed by atoms with Crippen LogP contribution in [0.15, 0.2) is 24.3 Å². The second kappa shape index (κ2) is 11.3. The fourth-order valence-electron chi connectivity index (χ4n) is 1.75. The van der Waals surface area contributed by atoms with Gasteiger partial charge in [-0.2, -0.15) is 0 Å². The Hall–Kier alpha value is -1.39. The lowest BCUT2D eigenvalue weighted by Gasteiger charge is -2.07. The monoisotopic (exact) mass is 294 g/mol. The largest absolute Gasteiger partial charge is 0.494 e. The van der Waals surface area contributed by atoms with E-state index in [1.54, 1.807) is 0 Å². The molecule has 0 fully saturated rings. The van der Waals surface area contributed by atoms with Crippen LogP contribution in [0.25, 0.3) is 0 Å². The van der Waals surface area contributed by atoms with Crippen LogP contribution in [0, 0.1) is 0 Å². The van der Waals surface area contributed by atoms with Crippen molar-refractivity contribution in [2.75, 3.05) is 33.0 Å². The van der Waals surface area contributed by atoms with Crippen molar-refractivity contribution in [3.63, 3.8) is 0 Å². The predicted octanol–water partition coefficient (Wildman–Crippen LogP) is 3.03. The second-order valence-electron chi connectivity index (χ2n) is 4.92. The molecule has 0 N–H and O–H groups in total. The minimum absolute atomic E-state index is 0.0556. The zero-order valence-corrected chi connectivity index (χ0v) is 13.1. The molecule has 4 nitrogen and oxygen atoms in total. The topological polar surface area (TPSA) is 44.8 Å². The Kier molecular flexibility index (Phi) is 9.49. The van der Waals surface area contributed by atoms with E-state index in [0.717, 1.165) is 25.0 Å². The van der Waals surface area contributed by atoms with Gasteiger partial charge in [-0.3, -0.25) is 4.79 Å². The van der Waals surface area contributed by atoms with Gasteiger partial charge in [0.2, 0.25) is 0 Å². The van der Waals surface area contributed by atoms with Crippen molar-refractivity contribution in [1.82, 2.24) is 0 Å². The number of aryl methyl sites for hydroxylation is 1. The van der Waals surface area contributed by atoms with Crippen molar-refractivity contribution < 1.29 is 19.0 Å². The van der Waals surface area contributed by atoms with Gasteiger partial charge < -0.3 is 14.2 Å². The van der Waals surface area contributed by atoms with E-state index in [1.165, 1.54) is 12.5 Å². The first kappa shape index (κ1) is 17.7. The van der Waals surface area contributed by atoms with Crippen molar-refractivity contribution in [3.8, 4) is 5.75 Å². The van der Waals surface area contributed by atoms with Gasteiger partial charge in [-0.1, -0.05) is 19.1 Å². The van der Waals surface area contributed by atoms with Crippen LogP contribution in [-0.2, 0) is 20.7 Å². The molecule has 0 saturated carbocycles. The van der Waals surface area contributed by atoms with Gasteiger partial charge >= 0.3 is 0 Å². The van der Waals surface area contributed by atoms with E-state index in [0.29, 0.717) is 26.4 Å². The van der Waals surface area contributed by atoms with Gasteiger partial charge in [-0.05, 0) is 37.5 Å². The minimum Gasteiger partial charge on any atom is -0.494 e. The number of carbonyl (C=O) groups excluding carboxylic acids is 1. The molecular weight excluding hydrogens is 268 g/mol. The van der Waals surface area contributed by atoms with Crippen LogP contribution >= 0.6 is 0 Å². The Bertz CT molecular complexity index is 386. The molecule has 0 aliphatic carbocycles. The second-order valence-corrected chi connectivity index (χ2v) is 4.92. The third-order valence-electron chi connectivity index (χ3n) is 2.92. The van der Waals surface area contributed by atoms with Crippen molar-refractivity contribution in [3.05, 3.63) is 29.8 Å². The minimum atomic E-state index is 0.0556. The Balaban J connectivity index is 1.91. The lowest BCUT2D eigenvalue weighted by molar-refractivity contribution is -0.121. The Morgan fingerprint density at radius 2 is 1.57 bits per heavy atom. The number of rotatable bonds is 12. The molecule has 0 spiro atoms. The van der Waals surface area contributed by atoms with Gasteiger partial charge in [0, 0.05) is 26.2 Å². The summed E-state index contributed by atoms with van der Waals surface area (Å²) >= 11 is 0. The Morgan fingerprint density at radius 3 is 2.19 bits per heavy atom. The van der Waals surface area contributed by atoms with Gasteiger partial charge in [0.25, 0.3) is 0 Å². The van der Waals surface area contributed by atoms with E-state index in [2.05, 4.69) is 19.1 Å². The average Bonchev–Trinajstić information content (AvgIpc) is 2.49. The summed E-state index contributed by atoms with van der Waals surface area (Å²) in [5.74, 6) is 0.963. The molecule has 1 rings (SSSR count). The fraction of sp³-hybridized carbons (Fsp3) is 0.588. The molecule has 118 valence electrons. The quantitative estimate of drug-likeness (QED) is 0.556. The van der Waals surface area contributed by atoms with Crippen LogP contribution in [-0.4, -0.2) is 38.8 Å². The molecule has 1 aromatic rings. The molecule has 1 aromatic carbocycles. The van der Waals surface area contributed by atoms with Gasteiger partial charge in [0.15, 0.2) is 5.78 Å². The molecule has 0 atom stereocenters. The van der Waals surface area contributed by atoms with E-state index in [9.17, 15) is 4.79 Å². The maximum atomic E-state index is 10.6. The van der Waals surface area contributed by atoms with Crippen molar-refractivity contribution >= 4 is 5.78 Å². The van der Waals surface area contributed by atoms with Crippen LogP contribution in [0.2, 0.25) is 0 Å². The molecular formula is C17H26O4. The number of Topliss-reactive ketones (excluding diaryl/α,β-unsaturated/α-hetero) is 1. The lowest BCUT2D eigenvalue weighted by Crippen LogP contribution is -2.08. The van der Waals surface area contributed by atoms with Crippen molar-refractivity contribution in [2.24, 2.45) is 0 Å². The summed E-state index contributed by atoms with van der Waals surface area (Å²) in [7, 11) is 0. The third-order valence-corrected chi connectivity index (χ3v) is 2.92. The van der Waals surface area contributed by atoms with Crippen LogP contribution in [0.4, 0.5) is 0 Å². The first-order valence-electron chi connectivity index (χ1n) is 7.59. The molecule has 4 heteroatoms. The fourth-order valence-corrected chi connectivity index (χ4v) is 1.75. The molecule has 0 aliphatic rings. The molecule has 0 saturated heterocycles. The smallest absolute Gasteiger partial charge is 0.155 e. The molecule has 0 unspecified atom stereocenters. The van der Waals surface area contributed by atoms with E-state index >= 15 is 0 Å². The molecule has 0 amide bonds. The molecule has 0 heterocycles. The van der Waals surface area contributed by atoms with Gasteiger partial charge in [0.05, 0.1) is 6.61 Å². The van der Waals surface area contributed by atoms with E-state index < -0.39 is 0 Å². The van der Waals surface area contributed by atoms with E-state index in [4.69, 9.17) is 14.2 Å². The number of ether oxygens (including phenoxy) is 3. The predicted molar refractivity (Wildman–Crippen MR) is 82.9 cm³/mol. The van der Waals surface area contributed by atoms with E-state index in [1.807, 2.05) is 12.1 Å². The molecule has 21 heavy (non-hydrogen) atoms. The lowest BCUT2D eigenvalue weighted by atomic mass is 10.2. The SMILES string of the molecule is CCc1ccc(OCCCOCCCOCC(C)=O)cc1. The summed E-state index contributed by atoms with van der Waals surface area (Å²) in [5, 5.41) is 0. The molecule has 0 bridgehead atoms. The van der Waals surface area contributed by atoms with Gasteiger partial charge in [-0.15, -0.1) is 0 Å². The summed E-state index contributed by atoms with van der Waals surface area (Å²) in [6, 6.07) is 8.19. The highest BCUT2D eigenvalue weighted by Gasteiger charge is 1.96. The summed E-state index contributed by atoms with van der Waals surface area (Å²) in [5.41, 5.74) is 1.32. The zero-order valence-electron chi connectivity index (χ0n) is 13.1. The maximum absolute atomic E-state index is 10.6. The Morgan fingerprint density at radius 1 is 0.952 bits per heavy atom. The first-order chi connectivity index (χ1) is 10.2. The van der Waals surface area contributed by atoms with Crippen LogP contribution in [0.3, 0.4) is 0 Å². The number of hydrogen-bond acceptors (Lipinski definition) is 4. The third kappa shape index (κ3) is 9.21. The summed E-state index contributed by atoms with van der Waals surface area (Å²) in [6.07, 6.45) is 2.72. The highest BCUT2D eigenvalue weighted by Crippen LogP contribution is 2.12. The van der Waals surface area contributed by atoms with Crippen LogP contribution < -0.4 is 4.74 Å². The van der Waals surface area contributed by atoms with E-state index in [-0.39, 0.29) is 12.4 Å². The number of carbonyl (C=O) groups is 1. The number of benzene rings is 1.